The molecule has 1 aromatic carbocycles. The Balaban J connectivity index is 2.96. The summed E-state index contributed by atoms with van der Waals surface area (Å²) < 4.78 is 0. The fourth-order valence-electron chi connectivity index (χ4n) is 0.705. The standard InChI is InChI=1S/C8H9NO/c9-6-8(10)7-4-2-1-3-5-7/h1-6,10H,9H2/b8-6-. The van der Waals surface area contributed by atoms with Gasteiger partial charge in [-0.15, -0.1) is 0 Å². The second-order valence-corrected chi connectivity index (χ2v) is 1.92. The third-order valence-corrected chi connectivity index (χ3v) is 1.23. The van der Waals surface area contributed by atoms with Gasteiger partial charge in [0.05, 0.1) is 0 Å². The van der Waals surface area contributed by atoms with Gasteiger partial charge in [0.25, 0.3) is 0 Å². The monoisotopic (exact) mass is 135 g/mol. The molecule has 10 heavy (non-hydrogen) atoms. The van der Waals surface area contributed by atoms with Gasteiger partial charge < -0.3 is 10.8 Å². The molecule has 0 atom stereocenters. The molecule has 0 amide bonds. The van der Waals surface area contributed by atoms with E-state index in [1.165, 1.54) is 6.20 Å². The van der Waals surface area contributed by atoms with E-state index in [9.17, 15) is 0 Å². The Labute approximate surface area is 59.6 Å². The number of nitrogens with two attached hydrogens (primary N) is 1. The molecule has 0 aliphatic rings. The lowest BCUT2D eigenvalue weighted by Crippen LogP contribution is -1.86. The van der Waals surface area contributed by atoms with Crippen molar-refractivity contribution in [3.8, 4) is 0 Å². The average molecular weight is 135 g/mol. The summed E-state index contributed by atoms with van der Waals surface area (Å²) in [6.45, 7) is 0. The molecule has 52 valence electrons. The first kappa shape index (κ1) is 6.68. The van der Waals surface area contributed by atoms with Crippen LogP contribution in [0.15, 0.2) is 36.5 Å². The van der Waals surface area contributed by atoms with Crippen LogP contribution in [0.1, 0.15) is 5.56 Å². The molecular formula is C8H9NO. The largest absolute Gasteiger partial charge is 0.506 e. The van der Waals surface area contributed by atoms with Gasteiger partial charge in [0.2, 0.25) is 0 Å². The summed E-state index contributed by atoms with van der Waals surface area (Å²) in [7, 11) is 0. The smallest absolute Gasteiger partial charge is 0.138 e. The summed E-state index contributed by atoms with van der Waals surface area (Å²) in [6.07, 6.45) is 1.18. The van der Waals surface area contributed by atoms with Gasteiger partial charge in [-0.25, -0.2) is 0 Å². The fraction of sp³-hybridized carbons (Fsp3) is 0. The molecule has 0 unspecified atom stereocenters. The van der Waals surface area contributed by atoms with Gasteiger partial charge in [-0.05, 0) is 0 Å². The summed E-state index contributed by atoms with van der Waals surface area (Å²) in [4.78, 5) is 0. The Morgan fingerprint density at radius 1 is 1.30 bits per heavy atom. The molecule has 0 aromatic heterocycles. The zero-order chi connectivity index (χ0) is 7.40. The average Bonchev–Trinajstić information content (AvgIpc) is 2.05. The minimum atomic E-state index is 0.112. The molecule has 0 fully saturated rings. The van der Waals surface area contributed by atoms with Crippen LogP contribution in [0.5, 0.6) is 0 Å². The van der Waals surface area contributed by atoms with Crippen molar-refractivity contribution in [3.63, 3.8) is 0 Å². The summed E-state index contributed by atoms with van der Waals surface area (Å²) in [6, 6.07) is 9.15. The van der Waals surface area contributed by atoms with E-state index in [1.807, 2.05) is 18.2 Å². The van der Waals surface area contributed by atoms with E-state index in [2.05, 4.69) is 0 Å². The van der Waals surface area contributed by atoms with E-state index in [1.54, 1.807) is 12.1 Å². The van der Waals surface area contributed by atoms with Crippen LogP contribution in [0.2, 0.25) is 0 Å². The van der Waals surface area contributed by atoms with Crippen molar-refractivity contribution in [2.75, 3.05) is 0 Å². The first-order chi connectivity index (χ1) is 4.84. The molecule has 2 nitrogen and oxygen atoms in total. The number of rotatable bonds is 1. The summed E-state index contributed by atoms with van der Waals surface area (Å²) in [5.74, 6) is 0.112. The van der Waals surface area contributed by atoms with E-state index < -0.39 is 0 Å². The zero-order valence-electron chi connectivity index (χ0n) is 5.49. The van der Waals surface area contributed by atoms with Crippen LogP contribution in [-0.4, -0.2) is 5.11 Å². The molecule has 0 aliphatic carbocycles. The van der Waals surface area contributed by atoms with Crippen molar-refractivity contribution in [1.82, 2.24) is 0 Å². The third kappa shape index (κ3) is 1.29. The van der Waals surface area contributed by atoms with Gasteiger partial charge in [0, 0.05) is 11.8 Å². The van der Waals surface area contributed by atoms with Crippen LogP contribution in [0.4, 0.5) is 0 Å². The Hall–Kier alpha value is -1.44. The van der Waals surface area contributed by atoms with Gasteiger partial charge in [-0.3, -0.25) is 0 Å². The molecule has 0 radical (unpaired) electrons. The summed E-state index contributed by atoms with van der Waals surface area (Å²) in [5, 5.41) is 9.07. The first-order valence-electron chi connectivity index (χ1n) is 3.01. The van der Waals surface area contributed by atoms with E-state index in [0.717, 1.165) is 5.56 Å². The quantitative estimate of drug-likeness (QED) is 0.573. The van der Waals surface area contributed by atoms with Crippen LogP contribution < -0.4 is 5.73 Å². The molecule has 1 aromatic rings. The van der Waals surface area contributed by atoms with Crippen LogP contribution in [0, 0.1) is 0 Å². The van der Waals surface area contributed by atoms with Crippen LogP contribution in [0.25, 0.3) is 5.76 Å². The summed E-state index contributed by atoms with van der Waals surface area (Å²) >= 11 is 0. The van der Waals surface area contributed by atoms with Crippen molar-refractivity contribution in [1.29, 1.82) is 0 Å². The molecule has 0 heterocycles. The SMILES string of the molecule is N/C=C(\O)c1ccccc1. The Bertz CT molecular complexity index is 228. The lowest BCUT2D eigenvalue weighted by Gasteiger charge is -1.95. The van der Waals surface area contributed by atoms with Crippen molar-refractivity contribution in [2.45, 2.75) is 0 Å². The van der Waals surface area contributed by atoms with Crippen LogP contribution in [0.3, 0.4) is 0 Å². The highest BCUT2D eigenvalue weighted by atomic mass is 16.3. The number of hydrogen-bond donors (Lipinski definition) is 2. The number of aliphatic hydroxyl groups is 1. The topological polar surface area (TPSA) is 46.2 Å². The second kappa shape index (κ2) is 2.92. The summed E-state index contributed by atoms with van der Waals surface area (Å²) in [5.41, 5.74) is 5.83. The van der Waals surface area contributed by atoms with E-state index in [0.29, 0.717) is 0 Å². The van der Waals surface area contributed by atoms with Crippen molar-refractivity contribution < 1.29 is 5.11 Å². The molecule has 0 saturated carbocycles. The van der Waals surface area contributed by atoms with Gasteiger partial charge in [-0.2, -0.15) is 0 Å². The molecule has 0 bridgehead atoms. The third-order valence-electron chi connectivity index (χ3n) is 1.23. The number of aliphatic hydroxyl groups excluding tert-OH is 1. The zero-order valence-corrected chi connectivity index (χ0v) is 5.49. The lowest BCUT2D eigenvalue weighted by molar-refractivity contribution is 0.510. The lowest BCUT2D eigenvalue weighted by atomic mass is 10.2. The van der Waals surface area contributed by atoms with Gasteiger partial charge in [-0.1, -0.05) is 30.3 Å². The second-order valence-electron chi connectivity index (χ2n) is 1.92. The van der Waals surface area contributed by atoms with Crippen molar-refractivity contribution >= 4 is 5.76 Å². The maximum Gasteiger partial charge on any atom is 0.138 e. The van der Waals surface area contributed by atoms with E-state index >= 15 is 0 Å². The highest BCUT2D eigenvalue weighted by molar-refractivity contribution is 5.57. The first-order valence-corrected chi connectivity index (χ1v) is 3.01. The minimum absolute atomic E-state index is 0.112. The maximum absolute atomic E-state index is 9.07. The normalized spacial score (nSPS) is 11.4. The highest BCUT2D eigenvalue weighted by Crippen LogP contribution is 2.07. The number of benzene rings is 1. The predicted octanol–water partition coefficient (Wildman–Crippen LogP) is 1.50. The molecule has 3 N–H and O–H groups in total. The van der Waals surface area contributed by atoms with Crippen molar-refractivity contribution in [2.24, 2.45) is 5.73 Å². The van der Waals surface area contributed by atoms with Gasteiger partial charge in [0.15, 0.2) is 0 Å². The molecule has 0 spiro atoms. The minimum Gasteiger partial charge on any atom is -0.506 e. The Morgan fingerprint density at radius 3 is 2.40 bits per heavy atom. The number of hydrogen-bond acceptors (Lipinski definition) is 2. The molecule has 1 rings (SSSR count). The molecular weight excluding hydrogens is 126 g/mol. The van der Waals surface area contributed by atoms with Gasteiger partial charge in [0.1, 0.15) is 5.76 Å². The Morgan fingerprint density at radius 2 is 1.90 bits per heavy atom. The maximum atomic E-state index is 9.07. The molecule has 0 saturated heterocycles. The Kier molecular flexibility index (Phi) is 1.95. The van der Waals surface area contributed by atoms with Crippen molar-refractivity contribution in [3.05, 3.63) is 42.1 Å². The highest BCUT2D eigenvalue weighted by Gasteiger charge is 1.92. The van der Waals surface area contributed by atoms with E-state index in [4.69, 9.17) is 10.8 Å². The van der Waals surface area contributed by atoms with Crippen LogP contribution in [-0.2, 0) is 0 Å². The van der Waals surface area contributed by atoms with Crippen LogP contribution >= 0.6 is 0 Å². The molecule has 0 aliphatic heterocycles. The predicted molar refractivity (Wildman–Crippen MR) is 41.2 cm³/mol. The molecule has 2 heteroatoms. The van der Waals surface area contributed by atoms with Gasteiger partial charge >= 0.3 is 0 Å². The van der Waals surface area contributed by atoms with E-state index in [-0.39, 0.29) is 5.76 Å². The fourth-order valence-corrected chi connectivity index (χ4v) is 0.705.